The molecule has 3 rings (SSSR count). The van der Waals surface area contributed by atoms with Crippen molar-refractivity contribution in [1.82, 2.24) is 0 Å². The van der Waals surface area contributed by atoms with Crippen LogP contribution in [0.15, 0.2) is 36.4 Å². The highest BCUT2D eigenvalue weighted by atomic mass is 35.5. The minimum atomic E-state index is -0.793. The van der Waals surface area contributed by atoms with Gasteiger partial charge in [-0.05, 0) is 23.6 Å². The topological polar surface area (TPSA) is 38.7 Å². The molecule has 1 unspecified atom stereocenters. The number of benzene rings is 2. The molecule has 0 aromatic heterocycles. The third-order valence-corrected chi connectivity index (χ3v) is 4.10. The van der Waals surface area contributed by atoms with E-state index < -0.39 is 5.79 Å². The van der Waals surface area contributed by atoms with Crippen molar-refractivity contribution in [3.05, 3.63) is 58.1 Å². The lowest BCUT2D eigenvalue weighted by molar-refractivity contribution is -0.196. The second-order valence-electron chi connectivity index (χ2n) is 5.93. The number of rotatable bonds is 2. The first-order valence-corrected chi connectivity index (χ1v) is 7.75. The van der Waals surface area contributed by atoms with E-state index in [0.717, 1.165) is 17.5 Å². The standard InChI is InChI=1S/C18H19ClO3/c1-4-11-5-7-12(8-6-11)17-16-14(19)9-13(20)10-15(16)21-18(2,3)22-17/h5-10,17,20H,4H2,1-3H3. The molecule has 0 fully saturated rings. The van der Waals surface area contributed by atoms with Crippen molar-refractivity contribution < 1.29 is 14.6 Å². The number of phenolic OH excluding ortho intramolecular Hbond substituents is 1. The second kappa shape index (κ2) is 5.49. The highest BCUT2D eigenvalue weighted by Gasteiger charge is 2.37. The van der Waals surface area contributed by atoms with E-state index in [4.69, 9.17) is 21.1 Å². The minimum absolute atomic E-state index is 0.0848. The van der Waals surface area contributed by atoms with Crippen molar-refractivity contribution in [2.24, 2.45) is 0 Å². The van der Waals surface area contributed by atoms with Crippen molar-refractivity contribution in [2.45, 2.75) is 39.1 Å². The van der Waals surface area contributed by atoms with Gasteiger partial charge in [-0.15, -0.1) is 0 Å². The van der Waals surface area contributed by atoms with E-state index in [2.05, 4.69) is 31.2 Å². The lowest BCUT2D eigenvalue weighted by atomic mass is 9.97. The lowest BCUT2D eigenvalue weighted by Crippen LogP contribution is -2.38. The van der Waals surface area contributed by atoms with Crippen LogP contribution < -0.4 is 4.74 Å². The Hall–Kier alpha value is -1.71. The number of halogens is 1. The highest BCUT2D eigenvalue weighted by Crippen LogP contribution is 2.47. The molecule has 116 valence electrons. The molecule has 0 bridgehead atoms. The summed E-state index contributed by atoms with van der Waals surface area (Å²) >= 11 is 6.32. The van der Waals surface area contributed by atoms with E-state index >= 15 is 0 Å². The van der Waals surface area contributed by atoms with Gasteiger partial charge < -0.3 is 14.6 Å². The van der Waals surface area contributed by atoms with Gasteiger partial charge >= 0.3 is 0 Å². The van der Waals surface area contributed by atoms with Crippen LogP contribution >= 0.6 is 11.6 Å². The largest absolute Gasteiger partial charge is 0.508 e. The van der Waals surface area contributed by atoms with Gasteiger partial charge in [-0.2, -0.15) is 0 Å². The van der Waals surface area contributed by atoms with Gasteiger partial charge in [0, 0.05) is 25.5 Å². The summed E-state index contributed by atoms with van der Waals surface area (Å²) in [6, 6.07) is 11.4. The molecule has 2 aromatic carbocycles. The minimum Gasteiger partial charge on any atom is -0.508 e. The number of hydrogen-bond acceptors (Lipinski definition) is 3. The summed E-state index contributed by atoms with van der Waals surface area (Å²) in [5.41, 5.74) is 3.04. The molecule has 22 heavy (non-hydrogen) atoms. The smallest absolute Gasteiger partial charge is 0.205 e. The Kier molecular flexibility index (Phi) is 3.79. The molecule has 4 heteroatoms. The zero-order valence-electron chi connectivity index (χ0n) is 12.9. The third-order valence-electron chi connectivity index (χ3n) is 3.79. The van der Waals surface area contributed by atoms with Crippen molar-refractivity contribution in [3.63, 3.8) is 0 Å². The first-order valence-electron chi connectivity index (χ1n) is 7.37. The van der Waals surface area contributed by atoms with E-state index in [-0.39, 0.29) is 11.9 Å². The van der Waals surface area contributed by atoms with E-state index in [9.17, 15) is 5.11 Å². The Bertz CT molecular complexity index is 692. The monoisotopic (exact) mass is 318 g/mol. The van der Waals surface area contributed by atoms with E-state index in [0.29, 0.717) is 10.8 Å². The van der Waals surface area contributed by atoms with Gasteiger partial charge in [0.05, 0.1) is 5.02 Å². The second-order valence-corrected chi connectivity index (χ2v) is 6.34. The van der Waals surface area contributed by atoms with Crippen molar-refractivity contribution in [3.8, 4) is 11.5 Å². The summed E-state index contributed by atoms with van der Waals surface area (Å²) in [6.07, 6.45) is 0.670. The fourth-order valence-corrected chi connectivity index (χ4v) is 3.02. The number of aryl methyl sites for hydroxylation is 1. The molecular weight excluding hydrogens is 300 g/mol. The van der Waals surface area contributed by atoms with Gasteiger partial charge in [0.15, 0.2) is 0 Å². The number of hydrogen-bond donors (Lipinski definition) is 1. The van der Waals surface area contributed by atoms with Crippen LogP contribution in [-0.2, 0) is 11.2 Å². The van der Waals surface area contributed by atoms with E-state index in [1.807, 2.05) is 13.8 Å². The van der Waals surface area contributed by atoms with Crippen LogP contribution in [0.3, 0.4) is 0 Å². The van der Waals surface area contributed by atoms with Crippen LogP contribution in [0.2, 0.25) is 5.02 Å². The average molecular weight is 319 g/mol. The molecule has 2 aromatic rings. The number of ether oxygens (including phenoxy) is 2. The first-order chi connectivity index (χ1) is 10.4. The molecule has 0 amide bonds. The first kappa shape index (κ1) is 15.2. The van der Waals surface area contributed by atoms with Crippen molar-refractivity contribution >= 4 is 11.6 Å². The molecule has 0 spiro atoms. The Labute approximate surface area is 135 Å². The van der Waals surface area contributed by atoms with Crippen LogP contribution in [0.4, 0.5) is 0 Å². The summed E-state index contributed by atoms with van der Waals surface area (Å²) < 4.78 is 11.9. The fourth-order valence-electron chi connectivity index (χ4n) is 2.71. The van der Waals surface area contributed by atoms with E-state index in [1.54, 1.807) is 6.07 Å². The molecule has 1 atom stereocenters. The lowest BCUT2D eigenvalue weighted by Gasteiger charge is -2.38. The molecule has 0 saturated heterocycles. The molecule has 1 heterocycles. The summed E-state index contributed by atoms with van der Waals surface area (Å²) in [4.78, 5) is 0. The number of phenols is 1. The molecule has 3 nitrogen and oxygen atoms in total. The summed E-state index contributed by atoms with van der Waals surface area (Å²) in [7, 11) is 0. The SMILES string of the molecule is CCc1ccc(C2OC(C)(C)Oc3cc(O)cc(Cl)c32)cc1. The predicted molar refractivity (Wildman–Crippen MR) is 86.6 cm³/mol. The van der Waals surface area contributed by atoms with Gasteiger partial charge in [0.25, 0.3) is 0 Å². The van der Waals surface area contributed by atoms with Gasteiger partial charge in [-0.1, -0.05) is 42.8 Å². The molecular formula is C18H19ClO3. The molecule has 1 aliphatic rings. The summed E-state index contributed by atoms with van der Waals surface area (Å²) in [5.74, 6) is -0.148. The van der Waals surface area contributed by atoms with Gasteiger partial charge in [0.2, 0.25) is 5.79 Å². The van der Waals surface area contributed by atoms with Gasteiger partial charge in [0.1, 0.15) is 17.6 Å². The molecule has 1 N–H and O–H groups in total. The predicted octanol–water partition coefficient (Wildman–Crippen LogP) is 4.84. The zero-order chi connectivity index (χ0) is 15.9. The molecule has 0 radical (unpaired) electrons. The van der Waals surface area contributed by atoms with Crippen molar-refractivity contribution in [1.29, 1.82) is 0 Å². The van der Waals surface area contributed by atoms with Crippen LogP contribution in [0, 0.1) is 0 Å². The van der Waals surface area contributed by atoms with Crippen LogP contribution in [0.25, 0.3) is 0 Å². The third kappa shape index (κ3) is 2.79. The maximum Gasteiger partial charge on any atom is 0.205 e. The molecule has 0 saturated carbocycles. The maximum atomic E-state index is 9.76. The number of fused-ring (bicyclic) bond motifs is 1. The average Bonchev–Trinajstić information content (AvgIpc) is 2.44. The normalized spacial score (nSPS) is 19.4. The van der Waals surface area contributed by atoms with Crippen LogP contribution in [0.5, 0.6) is 11.5 Å². The van der Waals surface area contributed by atoms with Gasteiger partial charge in [-0.25, -0.2) is 0 Å². The van der Waals surface area contributed by atoms with Gasteiger partial charge in [-0.3, -0.25) is 0 Å². The van der Waals surface area contributed by atoms with Crippen molar-refractivity contribution in [2.75, 3.05) is 0 Å². The Morgan fingerprint density at radius 2 is 1.86 bits per heavy atom. The van der Waals surface area contributed by atoms with Crippen LogP contribution in [-0.4, -0.2) is 10.9 Å². The summed E-state index contributed by atoms with van der Waals surface area (Å²) in [6.45, 7) is 5.82. The van der Waals surface area contributed by atoms with Crippen LogP contribution in [0.1, 0.15) is 43.6 Å². The Morgan fingerprint density at radius 3 is 2.50 bits per heavy atom. The fraction of sp³-hybridized carbons (Fsp3) is 0.333. The highest BCUT2D eigenvalue weighted by molar-refractivity contribution is 6.31. The molecule has 1 aliphatic heterocycles. The maximum absolute atomic E-state index is 9.76. The number of aromatic hydroxyl groups is 1. The quantitative estimate of drug-likeness (QED) is 0.861. The molecule has 0 aliphatic carbocycles. The summed E-state index contributed by atoms with van der Waals surface area (Å²) in [5, 5.41) is 10.2. The Morgan fingerprint density at radius 1 is 1.18 bits per heavy atom. The van der Waals surface area contributed by atoms with E-state index in [1.165, 1.54) is 11.6 Å². The Balaban J connectivity index is 2.11. The zero-order valence-corrected chi connectivity index (χ0v) is 13.6.